The molecule has 2 heterocycles. The molecule has 9 heteroatoms. The Morgan fingerprint density at radius 3 is 2.44 bits per heavy atom. The molecule has 0 radical (unpaired) electrons. The monoisotopic (exact) mass is 375 g/mol. The summed E-state index contributed by atoms with van der Waals surface area (Å²) in [6, 6.07) is 5.44. The number of fused-ring (bicyclic) bond motifs is 1. The molecule has 0 saturated carbocycles. The average molecular weight is 375 g/mol. The van der Waals surface area contributed by atoms with E-state index in [1.54, 1.807) is 18.7 Å². The Hall–Kier alpha value is -2.94. The van der Waals surface area contributed by atoms with Crippen molar-refractivity contribution in [3.8, 4) is 0 Å². The maximum atomic E-state index is 13.1. The Morgan fingerprint density at radius 2 is 1.85 bits per heavy atom. The van der Waals surface area contributed by atoms with Crippen LogP contribution in [-0.2, 0) is 20.6 Å². The number of aromatic nitrogens is 4. The number of hydrogen-bond acceptors (Lipinski definition) is 5. The van der Waals surface area contributed by atoms with E-state index < -0.39 is 11.2 Å². The summed E-state index contributed by atoms with van der Waals surface area (Å²) in [5, 5.41) is 12.5. The van der Waals surface area contributed by atoms with Crippen LogP contribution in [0, 0.1) is 5.82 Å². The van der Waals surface area contributed by atoms with E-state index in [1.807, 2.05) is 6.92 Å². The fraction of sp³-hybridized carbons (Fsp3) is 0.389. The summed E-state index contributed by atoms with van der Waals surface area (Å²) >= 11 is 0. The third kappa shape index (κ3) is 3.37. The van der Waals surface area contributed by atoms with E-state index >= 15 is 0 Å². The standard InChI is InChI=1S/C18H22FN5O3/c1-4-13(10-25)20-17-21-15-14(22(17)2)16(26)24(18(27)23(15)3)9-11-5-7-12(19)8-6-11/h5-8,13,25H,4,9-10H2,1-3H3,(H,20,21)/t13-/m0/s1. The van der Waals surface area contributed by atoms with E-state index in [-0.39, 0.29) is 36.2 Å². The number of rotatable bonds is 6. The number of aryl methyl sites for hydroxylation is 2. The predicted molar refractivity (Wildman–Crippen MR) is 101 cm³/mol. The van der Waals surface area contributed by atoms with Gasteiger partial charge in [-0.15, -0.1) is 0 Å². The van der Waals surface area contributed by atoms with Gasteiger partial charge >= 0.3 is 5.69 Å². The number of nitrogens with zero attached hydrogens (tertiary/aromatic N) is 4. The van der Waals surface area contributed by atoms with Crippen LogP contribution in [0.5, 0.6) is 0 Å². The van der Waals surface area contributed by atoms with Crippen molar-refractivity contribution in [2.45, 2.75) is 25.9 Å². The minimum Gasteiger partial charge on any atom is -0.394 e. The maximum absolute atomic E-state index is 13.1. The van der Waals surface area contributed by atoms with Crippen molar-refractivity contribution < 1.29 is 9.50 Å². The maximum Gasteiger partial charge on any atom is 0.332 e. The van der Waals surface area contributed by atoms with Crippen LogP contribution in [0.1, 0.15) is 18.9 Å². The lowest BCUT2D eigenvalue weighted by Gasteiger charge is -2.14. The lowest BCUT2D eigenvalue weighted by Crippen LogP contribution is -2.39. The first kappa shape index (κ1) is 18.8. The number of aliphatic hydroxyl groups excluding tert-OH is 1. The van der Waals surface area contributed by atoms with Gasteiger partial charge in [0.1, 0.15) is 5.82 Å². The van der Waals surface area contributed by atoms with E-state index in [0.29, 0.717) is 17.9 Å². The van der Waals surface area contributed by atoms with Crippen molar-refractivity contribution >= 4 is 17.1 Å². The molecular formula is C18H22FN5O3. The average Bonchev–Trinajstić information content (AvgIpc) is 2.99. The number of imidazole rings is 1. The number of benzene rings is 1. The second-order valence-electron chi connectivity index (χ2n) is 6.46. The van der Waals surface area contributed by atoms with Crippen LogP contribution >= 0.6 is 0 Å². The molecule has 0 fully saturated rings. The van der Waals surface area contributed by atoms with E-state index in [2.05, 4.69) is 10.3 Å². The van der Waals surface area contributed by atoms with Crippen LogP contribution in [-0.4, -0.2) is 36.4 Å². The summed E-state index contributed by atoms with van der Waals surface area (Å²) in [5.74, 6) is 0.0173. The molecule has 0 amide bonds. The van der Waals surface area contributed by atoms with Gasteiger partial charge in [0.2, 0.25) is 5.95 Å². The number of nitrogens with one attached hydrogen (secondary N) is 1. The van der Waals surface area contributed by atoms with Gasteiger partial charge in [-0.2, -0.15) is 4.98 Å². The zero-order chi connectivity index (χ0) is 19.7. The van der Waals surface area contributed by atoms with Crippen LogP contribution in [0.15, 0.2) is 33.9 Å². The predicted octanol–water partition coefficient (Wildman–Crippen LogP) is 0.804. The number of anilines is 1. The fourth-order valence-corrected chi connectivity index (χ4v) is 2.94. The van der Waals surface area contributed by atoms with Gasteiger partial charge in [0, 0.05) is 14.1 Å². The third-order valence-corrected chi connectivity index (χ3v) is 4.66. The Bertz CT molecular complexity index is 1080. The molecule has 0 bridgehead atoms. The SMILES string of the molecule is CC[C@@H](CO)Nc1nc2c(c(=O)n(Cc3ccc(F)cc3)c(=O)n2C)n1C. The second-order valence-corrected chi connectivity index (χ2v) is 6.46. The molecule has 3 rings (SSSR count). The Kier molecular flexibility index (Phi) is 5.13. The first-order valence-electron chi connectivity index (χ1n) is 8.65. The second kappa shape index (κ2) is 7.36. The van der Waals surface area contributed by atoms with Crippen LogP contribution in [0.2, 0.25) is 0 Å². The lowest BCUT2D eigenvalue weighted by molar-refractivity contribution is 0.271. The van der Waals surface area contributed by atoms with Crippen molar-refractivity contribution in [2.24, 2.45) is 14.1 Å². The molecule has 0 aliphatic carbocycles. The molecule has 0 aliphatic rings. The van der Waals surface area contributed by atoms with Crippen molar-refractivity contribution in [1.82, 2.24) is 18.7 Å². The van der Waals surface area contributed by atoms with Gasteiger partial charge in [-0.3, -0.25) is 13.9 Å². The minimum atomic E-state index is -0.504. The fourth-order valence-electron chi connectivity index (χ4n) is 2.94. The van der Waals surface area contributed by atoms with Crippen LogP contribution in [0.4, 0.5) is 10.3 Å². The quantitative estimate of drug-likeness (QED) is 0.665. The van der Waals surface area contributed by atoms with Gasteiger partial charge in [-0.25, -0.2) is 9.18 Å². The van der Waals surface area contributed by atoms with E-state index in [0.717, 1.165) is 4.57 Å². The zero-order valence-corrected chi connectivity index (χ0v) is 15.4. The molecule has 8 nitrogen and oxygen atoms in total. The van der Waals surface area contributed by atoms with Crippen LogP contribution < -0.4 is 16.6 Å². The summed E-state index contributed by atoms with van der Waals surface area (Å²) in [6.07, 6.45) is 0.674. The van der Waals surface area contributed by atoms with Gasteiger partial charge in [-0.05, 0) is 24.1 Å². The van der Waals surface area contributed by atoms with Crippen LogP contribution in [0.3, 0.4) is 0 Å². The Morgan fingerprint density at radius 1 is 1.19 bits per heavy atom. The topological polar surface area (TPSA) is 94.1 Å². The largest absolute Gasteiger partial charge is 0.394 e. The molecule has 1 aromatic carbocycles. The number of halogens is 1. The lowest BCUT2D eigenvalue weighted by atomic mass is 10.2. The zero-order valence-electron chi connectivity index (χ0n) is 15.4. The summed E-state index contributed by atoms with van der Waals surface area (Å²) in [5.41, 5.74) is 0.197. The molecule has 144 valence electrons. The molecule has 1 atom stereocenters. The highest BCUT2D eigenvalue weighted by molar-refractivity contribution is 5.74. The summed E-state index contributed by atoms with van der Waals surface area (Å²) in [7, 11) is 3.22. The molecule has 0 saturated heterocycles. The van der Waals surface area contributed by atoms with Gasteiger partial charge in [0.15, 0.2) is 11.2 Å². The smallest absolute Gasteiger partial charge is 0.332 e. The normalized spacial score (nSPS) is 12.5. The van der Waals surface area contributed by atoms with Crippen molar-refractivity contribution in [2.75, 3.05) is 11.9 Å². The highest BCUT2D eigenvalue weighted by atomic mass is 19.1. The van der Waals surface area contributed by atoms with Gasteiger partial charge in [0.25, 0.3) is 5.56 Å². The molecule has 3 aromatic rings. The van der Waals surface area contributed by atoms with Gasteiger partial charge < -0.3 is 15.0 Å². The third-order valence-electron chi connectivity index (χ3n) is 4.66. The highest BCUT2D eigenvalue weighted by Crippen LogP contribution is 2.15. The first-order chi connectivity index (χ1) is 12.9. The van der Waals surface area contributed by atoms with E-state index in [4.69, 9.17) is 0 Å². The van der Waals surface area contributed by atoms with E-state index in [9.17, 15) is 19.1 Å². The molecule has 0 unspecified atom stereocenters. The van der Waals surface area contributed by atoms with Gasteiger partial charge in [0.05, 0.1) is 19.2 Å². The van der Waals surface area contributed by atoms with Crippen LogP contribution in [0.25, 0.3) is 11.2 Å². The molecular weight excluding hydrogens is 353 g/mol. The summed E-state index contributed by atoms with van der Waals surface area (Å²) < 4.78 is 17.1. The molecule has 2 N–H and O–H groups in total. The highest BCUT2D eigenvalue weighted by Gasteiger charge is 2.19. The first-order valence-corrected chi connectivity index (χ1v) is 8.65. The van der Waals surface area contributed by atoms with Crippen molar-refractivity contribution in [3.63, 3.8) is 0 Å². The molecule has 0 aliphatic heterocycles. The van der Waals surface area contributed by atoms with Gasteiger partial charge in [-0.1, -0.05) is 19.1 Å². The molecule has 0 spiro atoms. The Balaban J connectivity index is 2.14. The van der Waals surface area contributed by atoms with Crippen molar-refractivity contribution in [3.05, 3.63) is 56.5 Å². The number of aliphatic hydroxyl groups is 1. The molecule has 2 aromatic heterocycles. The number of hydrogen-bond donors (Lipinski definition) is 2. The summed E-state index contributed by atoms with van der Waals surface area (Å²) in [4.78, 5) is 30.0. The minimum absolute atomic E-state index is 0.0316. The summed E-state index contributed by atoms with van der Waals surface area (Å²) in [6.45, 7) is 1.87. The molecule has 27 heavy (non-hydrogen) atoms. The Labute approximate surface area is 154 Å². The van der Waals surface area contributed by atoms with Crippen molar-refractivity contribution in [1.29, 1.82) is 0 Å². The van der Waals surface area contributed by atoms with E-state index in [1.165, 1.54) is 28.8 Å².